The van der Waals surface area contributed by atoms with Gasteiger partial charge in [0.1, 0.15) is 11.5 Å². The van der Waals surface area contributed by atoms with Crippen LogP contribution in [0, 0.1) is 0 Å². The molecule has 6 nitrogen and oxygen atoms in total. The molecule has 0 fully saturated rings. The molecule has 0 saturated heterocycles. The molecule has 1 aliphatic rings. The van der Waals surface area contributed by atoms with Gasteiger partial charge in [-0.1, -0.05) is 18.2 Å². The third-order valence-corrected chi connectivity index (χ3v) is 4.25. The first-order valence-electron chi connectivity index (χ1n) is 7.89. The average Bonchev–Trinajstić information content (AvgIpc) is 3.21. The van der Waals surface area contributed by atoms with Crippen LogP contribution in [0.5, 0.6) is 0 Å². The van der Waals surface area contributed by atoms with E-state index in [9.17, 15) is 9.59 Å². The lowest BCUT2D eigenvalue weighted by Crippen LogP contribution is -2.46. The van der Waals surface area contributed by atoms with E-state index in [0.717, 1.165) is 10.9 Å². The number of carbonyl (C=O) groups is 2. The lowest BCUT2D eigenvalue weighted by molar-refractivity contribution is -0.121. The van der Waals surface area contributed by atoms with E-state index in [4.69, 9.17) is 4.42 Å². The first kappa shape index (κ1) is 14.6. The number of benzene rings is 1. The molecule has 6 heteroatoms. The van der Waals surface area contributed by atoms with Crippen LogP contribution in [0.4, 0.5) is 0 Å². The van der Waals surface area contributed by atoms with E-state index in [-0.39, 0.29) is 24.3 Å². The highest BCUT2D eigenvalue weighted by Crippen LogP contribution is 2.23. The number of rotatable bonds is 4. The number of hydrogen-bond acceptors (Lipinski definition) is 3. The lowest BCUT2D eigenvalue weighted by Gasteiger charge is -2.25. The van der Waals surface area contributed by atoms with Crippen molar-refractivity contribution in [3.8, 4) is 0 Å². The minimum atomic E-state index is -0.225. The highest BCUT2D eigenvalue weighted by atomic mass is 16.3. The average molecular weight is 323 g/mol. The van der Waals surface area contributed by atoms with E-state index in [0.29, 0.717) is 24.5 Å². The summed E-state index contributed by atoms with van der Waals surface area (Å²) < 4.78 is 7.17. The fourth-order valence-electron chi connectivity index (χ4n) is 3.13. The Morgan fingerprint density at radius 1 is 1.29 bits per heavy atom. The molecule has 4 rings (SSSR count). The number of carbonyl (C=O) groups excluding carboxylic acids is 2. The summed E-state index contributed by atoms with van der Waals surface area (Å²) in [7, 11) is 0. The van der Waals surface area contributed by atoms with Crippen molar-refractivity contribution in [1.82, 2.24) is 15.2 Å². The van der Waals surface area contributed by atoms with Gasteiger partial charge in [-0.05, 0) is 24.3 Å². The van der Waals surface area contributed by atoms with Gasteiger partial charge in [0.2, 0.25) is 5.91 Å². The molecule has 24 heavy (non-hydrogen) atoms. The second-order valence-electron chi connectivity index (χ2n) is 5.93. The van der Waals surface area contributed by atoms with Gasteiger partial charge >= 0.3 is 0 Å². The molecule has 2 aromatic heterocycles. The van der Waals surface area contributed by atoms with Crippen molar-refractivity contribution in [2.75, 3.05) is 0 Å². The summed E-state index contributed by atoms with van der Waals surface area (Å²) in [6.45, 7) is 0.937. The maximum atomic E-state index is 12.3. The fourth-order valence-corrected chi connectivity index (χ4v) is 3.13. The summed E-state index contributed by atoms with van der Waals surface area (Å²) in [4.78, 5) is 24.4. The van der Waals surface area contributed by atoms with Crippen molar-refractivity contribution in [1.29, 1.82) is 0 Å². The number of fused-ring (bicyclic) bond motifs is 3. The molecule has 3 aromatic rings. The third kappa shape index (κ3) is 2.67. The Hall–Kier alpha value is -3.02. The van der Waals surface area contributed by atoms with Crippen LogP contribution in [-0.2, 0) is 17.9 Å². The fraction of sp³-hybridized carbons (Fsp3) is 0.222. The predicted octanol–water partition coefficient (Wildman–Crippen LogP) is 2.05. The zero-order valence-corrected chi connectivity index (χ0v) is 13.0. The second kappa shape index (κ2) is 5.88. The van der Waals surface area contributed by atoms with Gasteiger partial charge in [0, 0.05) is 23.9 Å². The zero-order valence-electron chi connectivity index (χ0n) is 13.0. The Labute approximate surface area is 138 Å². The minimum absolute atomic E-state index is 0.114. The van der Waals surface area contributed by atoms with Gasteiger partial charge in [0.15, 0.2) is 0 Å². The van der Waals surface area contributed by atoms with Gasteiger partial charge in [-0.15, -0.1) is 0 Å². The van der Waals surface area contributed by atoms with Crippen molar-refractivity contribution in [3.63, 3.8) is 0 Å². The van der Waals surface area contributed by atoms with Crippen LogP contribution >= 0.6 is 0 Å². The van der Waals surface area contributed by atoms with E-state index >= 15 is 0 Å². The SMILES string of the molecule is O=C(C[C@@H]1Cn2c(cc3ccccc32)C(=O)N1)NCc1ccco1. The molecule has 1 aromatic carbocycles. The molecule has 0 saturated carbocycles. The molecule has 1 aliphatic heterocycles. The van der Waals surface area contributed by atoms with Crippen molar-refractivity contribution < 1.29 is 14.0 Å². The van der Waals surface area contributed by atoms with Gasteiger partial charge in [-0.25, -0.2) is 0 Å². The quantitative estimate of drug-likeness (QED) is 0.771. The summed E-state index contributed by atoms with van der Waals surface area (Å²) in [5.74, 6) is 0.451. The van der Waals surface area contributed by atoms with Crippen molar-refractivity contribution in [2.45, 2.75) is 25.6 Å². The van der Waals surface area contributed by atoms with Gasteiger partial charge < -0.3 is 19.6 Å². The Bertz CT molecular complexity index is 896. The molecular formula is C18H17N3O3. The van der Waals surface area contributed by atoms with Crippen LogP contribution in [0.1, 0.15) is 22.7 Å². The summed E-state index contributed by atoms with van der Waals surface area (Å²) in [6, 6.07) is 13.1. The van der Waals surface area contributed by atoms with Gasteiger partial charge in [-0.2, -0.15) is 0 Å². The number of hydrogen-bond donors (Lipinski definition) is 2. The van der Waals surface area contributed by atoms with Crippen molar-refractivity contribution in [3.05, 3.63) is 60.2 Å². The molecule has 0 bridgehead atoms. The Kier molecular flexibility index (Phi) is 3.57. The third-order valence-electron chi connectivity index (χ3n) is 4.25. The van der Waals surface area contributed by atoms with E-state index in [1.165, 1.54) is 0 Å². The number of aromatic nitrogens is 1. The van der Waals surface area contributed by atoms with Crippen LogP contribution in [0.15, 0.2) is 53.1 Å². The highest BCUT2D eigenvalue weighted by Gasteiger charge is 2.27. The lowest BCUT2D eigenvalue weighted by atomic mass is 10.1. The molecule has 2 N–H and O–H groups in total. The minimum Gasteiger partial charge on any atom is -0.467 e. The van der Waals surface area contributed by atoms with E-state index in [1.54, 1.807) is 18.4 Å². The number of amides is 2. The van der Waals surface area contributed by atoms with E-state index in [2.05, 4.69) is 10.6 Å². The summed E-state index contributed by atoms with van der Waals surface area (Å²) in [5, 5.41) is 6.76. The number of para-hydroxylation sites is 1. The first-order valence-corrected chi connectivity index (χ1v) is 7.89. The Balaban J connectivity index is 1.46. The zero-order chi connectivity index (χ0) is 16.5. The molecular weight excluding hydrogens is 306 g/mol. The van der Waals surface area contributed by atoms with Crippen LogP contribution < -0.4 is 10.6 Å². The molecule has 0 unspecified atom stereocenters. The number of nitrogens with one attached hydrogen (secondary N) is 2. The summed E-state index contributed by atoms with van der Waals surface area (Å²) in [6.07, 6.45) is 1.81. The van der Waals surface area contributed by atoms with Crippen molar-refractivity contribution in [2.24, 2.45) is 0 Å². The number of nitrogens with zero attached hydrogens (tertiary/aromatic N) is 1. The summed E-state index contributed by atoms with van der Waals surface area (Å²) >= 11 is 0. The van der Waals surface area contributed by atoms with Gasteiger partial charge in [0.05, 0.1) is 18.8 Å². The van der Waals surface area contributed by atoms with E-state index < -0.39 is 0 Å². The van der Waals surface area contributed by atoms with Crippen LogP contribution in [0.3, 0.4) is 0 Å². The molecule has 3 heterocycles. The molecule has 122 valence electrons. The normalized spacial score (nSPS) is 16.7. The monoisotopic (exact) mass is 323 g/mol. The van der Waals surface area contributed by atoms with Gasteiger partial charge in [0.25, 0.3) is 5.91 Å². The van der Waals surface area contributed by atoms with Crippen LogP contribution in [-0.4, -0.2) is 22.4 Å². The first-order chi connectivity index (χ1) is 11.7. The van der Waals surface area contributed by atoms with Crippen LogP contribution in [0.25, 0.3) is 10.9 Å². The Morgan fingerprint density at radius 3 is 3.00 bits per heavy atom. The maximum absolute atomic E-state index is 12.3. The molecule has 0 radical (unpaired) electrons. The molecule has 0 aliphatic carbocycles. The van der Waals surface area contributed by atoms with Crippen LogP contribution in [0.2, 0.25) is 0 Å². The second-order valence-corrected chi connectivity index (χ2v) is 5.93. The smallest absolute Gasteiger partial charge is 0.268 e. The van der Waals surface area contributed by atoms with E-state index in [1.807, 2.05) is 34.9 Å². The number of furan rings is 1. The van der Waals surface area contributed by atoms with Gasteiger partial charge in [-0.3, -0.25) is 9.59 Å². The molecule has 1 atom stereocenters. The Morgan fingerprint density at radius 2 is 2.17 bits per heavy atom. The molecule has 0 spiro atoms. The standard InChI is InChI=1S/C18H17N3O3/c22-17(19-10-14-5-3-7-24-14)9-13-11-21-15-6-2-1-4-12(15)8-16(21)18(23)20-13/h1-8,13H,9-11H2,(H,19,22)(H,20,23)/t13-/m1/s1. The largest absolute Gasteiger partial charge is 0.467 e. The topological polar surface area (TPSA) is 76.3 Å². The van der Waals surface area contributed by atoms with Crippen molar-refractivity contribution >= 4 is 22.7 Å². The summed E-state index contributed by atoms with van der Waals surface area (Å²) in [5.41, 5.74) is 1.66. The maximum Gasteiger partial charge on any atom is 0.268 e. The highest BCUT2D eigenvalue weighted by molar-refractivity contribution is 6.00. The molecule has 2 amide bonds. The predicted molar refractivity (Wildman–Crippen MR) is 88.4 cm³/mol.